The molecule has 0 N–H and O–H groups in total. The van der Waals surface area contributed by atoms with Crippen LogP contribution in [0.2, 0.25) is 0 Å². The molecule has 0 radical (unpaired) electrons. The minimum atomic E-state index is 0.376. The lowest BCUT2D eigenvalue weighted by atomic mass is 9.97. The molecular weight excluding hydrogens is 354 g/mol. The zero-order chi connectivity index (χ0) is 18.8. The smallest absolute Gasteiger partial charge is 0.113 e. The van der Waals surface area contributed by atoms with Crippen LogP contribution in [0.3, 0.4) is 0 Å². The Morgan fingerprint density at radius 2 is 1.59 bits per heavy atom. The number of nitrogens with zero attached hydrogens (tertiary/aromatic N) is 3. The van der Waals surface area contributed by atoms with Crippen molar-refractivity contribution in [3.05, 3.63) is 95.1 Å². The van der Waals surface area contributed by atoms with Crippen LogP contribution in [-0.2, 0) is 0 Å². The highest BCUT2D eigenvalue weighted by atomic mass is 35.5. The molecule has 3 nitrogen and oxygen atoms in total. The third-order valence-electron chi connectivity index (χ3n) is 4.78. The topological polar surface area (TPSA) is 30.7 Å². The summed E-state index contributed by atoms with van der Waals surface area (Å²) < 4.78 is 1.91. The maximum atomic E-state index is 6.49. The van der Waals surface area contributed by atoms with E-state index in [-0.39, 0.29) is 0 Å². The molecule has 3 aromatic carbocycles. The normalized spacial score (nSPS) is 12.3. The number of aromatic nitrogens is 3. The predicted octanol–water partition coefficient (Wildman–Crippen LogP) is 5.70. The van der Waals surface area contributed by atoms with Gasteiger partial charge in [-0.1, -0.05) is 71.4 Å². The lowest BCUT2D eigenvalue weighted by Gasteiger charge is -2.17. The van der Waals surface area contributed by atoms with E-state index in [1.807, 2.05) is 41.1 Å². The molecule has 0 aliphatic heterocycles. The number of rotatable bonds is 4. The third kappa shape index (κ3) is 3.26. The van der Waals surface area contributed by atoms with Crippen LogP contribution >= 0.6 is 11.6 Å². The number of fused-ring (bicyclic) bond motifs is 1. The van der Waals surface area contributed by atoms with E-state index in [1.54, 1.807) is 0 Å². The first-order chi connectivity index (χ1) is 13.2. The molecule has 0 amide bonds. The van der Waals surface area contributed by atoms with Crippen LogP contribution < -0.4 is 0 Å². The lowest BCUT2D eigenvalue weighted by molar-refractivity contribution is 0.840. The van der Waals surface area contributed by atoms with E-state index in [0.29, 0.717) is 5.88 Å². The second-order valence-electron chi connectivity index (χ2n) is 6.63. The quantitative estimate of drug-likeness (QED) is 0.339. The molecule has 1 aromatic heterocycles. The fraction of sp³-hybridized carbons (Fsp3) is 0.130. The molecule has 0 saturated heterocycles. The van der Waals surface area contributed by atoms with Crippen molar-refractivity contribution in [1.82, 2.24) is 15.0 Å². The average Bonchev–Trinajstić information content (AvgIpc) is 3.12. The van der Waals surface area contributed by atoms with Gasteiger partial charge in [0, 0.05) is 11.1 Å². The standard InChI is InChI=1S/C23H20ClN3/c1-16-11-13-18(14-12-16)20(15-24)23(19-8-4-3-7-17(19)2)27-22-10-6-5-9-21(22)25-26-27/h3-14H,15H2,1-2H3/b23-20-. The van der Waals surface area contributed by atoms with Crippen LogP contribution in [0.5, 0.6) is 0 Å². The first kappa shape index (κ1) is 17.5. The van der Waals surface area contributed by atoms with Crippen LogP contribution in [0.4, 0.5) is 0 Å². The summed E-state index contributed by atoms with van der Waals surface area (Å²) in [5, 5.41) is 8.83. The summed E-state index contributed by atoms with van der Waals surface area (Å²) in [7, 11) is 0. The molecule has 0 bridgehead atoms. The zero-order valence-corrected chi connectivity index (χ0v) is 16.1. The molecule has 0 spiro atoms. The van der Waals surface area contributed by atoms with Gasteiger partial charge in [0.25, 0.3) is 0 Å². The summed E-state index contributed by atoms with van der Waals surface area (Å²) in [5.74, 6) is 0.376. The van der Waals surface area contributed by atoms with Crippen molar-refractivity contribution in [2.75, 3.05) is 5.88 Å². The monoisotopic (exact) mass is 373 g/mol. The van der Waals surface area contributed by atoms with Crippen LogP contribution in [0.15, 0.2) is 72.8 Å². The molecule has 0 fully saturated rings. The molecule has 4 aromatic rings. The van der Waals surface area contributed by atoms with Crippen molar-refractivity contribution in [3.63, 3.8) is 0 Å². The fourth-order valence-electron chi connectivity index (χ4n) is 3.31. The van der Waals surface area contributed by atoms with Gasteiger partial charge in [-0.2, -0.15) is 0 Å². The average molecular weight is 374 g/mol. The van der Waals surface area contributed by atoms with E-state index in [2.05, 4.69) is 60.6 Å². The van der Waals surface area contributed by atoms with E-state index in [0.717, 1.165) is 33.4 Å². The van der Waals surface area contributed by atoms with Crippen LogP contribution in [0, 0.1) is 13.8 Å². The Morgan fingerprint density at radius 3 is 2.33 bits per heavy atom. The molecule has 0 aliphatic rings. The van der Waals surface area contributed by atoms with Crippen molar-refractivity contribution in [1.29, 1.82) is 0 Å². The van der Waals surface area contributed by atoms with Crippen molar-refractivity contribution in [2.24, 2.45) is 0 Å². The molecule has 4 rings (SSSR count). The van der Waals surface area contributed by atoms with E-state index in [4.69, 9.17) is 11.6 Å². The maximum Gasteiger partial charge on any atom is 0.113 e. The number of halogens is 1. The maximum absolute atomic E-state index is 6.49. The summed E-state index contributed by atoms with van der Waals surface area (Å²) in [5.41, 5.74) is 8.41. The highest BCUT2D eigenvalue weighted by molar-refractivity contribution is 6.25. The van der Waals surface area contributed by atoms with Gasteiger partial charge in [0.1, 0.15) is 5.52 Å². The molecule has 0 atom stereocenters. The number of hydrogen-bond donors (Lipinski definition) is 0. The Balaban J connectivity index is 2.07. The number of benzene rings is 3. The van der Waals surface area contributed by atoms with E-state index in [1.165, 1.54) is 11.1 Å². The first-order valence-corrected chi connectivity index (χ1v) is 9.45. The summed E-state index contributed by atoms with van der Waals surface area (Å²) in [6, 6.07) is 24.7. The van der Waals surface area contributed by atoms with Gasteiger partial charge < -0.3 is 0 Å². The Morgan fingerprint density at radius 1 is 0.889 bits per heavy atom. The number of hydrogen-bond acceptors (Lipinski definition) is 2. The van der Waals surface area contributed by atoms with E-state index >= 15 is 0 Å². The molecular formula is C23H20ClN3. The molecule has 4 heteroatoms. The minimum absolute atomic E-state index is 0.376. The van der Waals surface area contributed by atoms with Gasteiger partial charge in [-0.3, -0.25) is 0 Å². The Bertz CT molecular complexity index is 1120. The van der Waals surface area contributed by atoms with Crippen molar-refractivity contribution in [3.8, 4) is 0 Å². The SMILES string of the molecule is Cc1ccc(/C(CCl)=C(/c2ccccc2C)n2nnc3ccccc32)cc1. The summed E-state index contributed by atoms with van der Waals surface area (Å²) in [6.45, 7) is 4.19. The predicted molar refractivity (Wildman–Crippen MR) is 113 cm³/mol. The Kier molecular flexibility index (Phi) is 4.78. The zero-order valence-electron chi connectivity index (χ0n) is 15.4. The van der Waals surface area contributed by atoms with Crippen LogP contribution in [0.1, 0.15) is 22.3 Å². The van der Waals surface area contributed by atoms with Crippen molar-refractivity contribution in [2.45, 2.75) is 13.8 Å². The highest BCUT2D eigenvalue weighted by Gasteiger charge is 2.18. The number of allylic oxidation sites excluding steroid dienone is 1. The number of para-hydroxylation sites is 1. The molecule has 0 aliphatic carbocycles. The van der Waals surface area contributed by atoms with Crippen LogP contribution in [0.25, 0.3) is 22.3 Å². The molecule has 0 saturated carbocycles. The Labute approximate surface area is 163 Å². The Hall–Kier alpha value is -2.91. The summed E-state index contributed by atoms with van der Waals surface area (Å²) in [4.78, 5) is 0. The second kappa shape index (κ2) is 7.37. The number of alkyl halides is 1. The fourth-order valence-corrected chi connectivity index (χ4v) is 3.59. The van der Waals surface area contributed by atoms with Gasteiger partial charge in [0.05, 0.1) is 17.1 Å². The molecule has 27 heavy (non-hydrogen) atoms. The second-order valence-corrected chi connectivity index (χ2v) is 6.90. The minimum Gasteiger partial charge on any atom is -0.212 e. The molecule has 0 unspecified atom stereocenters. The van der Waals surface area contributed by atoms with E-state index < -0.39 is 0 Å². The van der Waals surface area contributed by atoms with Gasteiger partial charge in [0.15, 0.2) is 0 Å². The van der Waals surface area contributed by atoms with Gasteiger partial charge in [-0.15, -0.1) is 16.7 Å². The van der Waals surface area contributed by atoms with Gasteiger partial charge in [0.2, 0.25) is 0 Å². The number of aryl methyl sites for hydroxylation is 2. The van der Waals surface area contributed by atoms with Gasteiger partial charge >= 0.3 is 0 Å². The van der Waals surface area contributed by atoms with Crippen molar-refractivity contribution < 1.29 is 0 Å². The largest absolute Gasteiger partial charge is 0.212 e. The van der Waals surface area contributed by atoms with Crippen LogP contribution in [-0.4, -0.2) is 20.9 Å². The summed E-state index contributed by atoms with van der Waals surface area (Å²) in [6.07, 6.45) is 0. The lowest BCUT2D eigenvalue weighted by Crippen LogP contribution is -2.07. The van der Waals surface area contributed by atoms with Gasteiger partial charge in [-0.05, 0) is 37.1 Å². The molecule has 134 valence electrons. The molecule has 1 heterocycles. The third-order valence-corrected chi connectivity index (χ3v) is 5.05. The first-order valence-electron chi connectivity index (χ1n) is 8.92. The van der Waals surface area contributed by atoms with Gasteiger partial charge in [-0.25, -0.2) is 4.68 Å². The summed E-state index contributed by atoms with van der Waals surface area (Å²) >= 11 is 6.49. The van der Waals surface area contributed by atoms with E-state index in [9.17, 15) is 0 Å². The van der Waals surface area contributed by atoms with Crippen molar-refractivity contribution >= 4 is 33.9 Å². The highest BCUT2D eigenvalue weighted by Crippen LogP contribution is 2.32.